The standard InChI is InChI=1S/C11H18N4O3S/c1-3-14-10-4-5-13-8-9(10)11(16)15-6-7-19(17,18)12-2/h4-5,8,12H,3,6-7H2,1-2H3,(H,13,14)(H,15,16). The fourth-order valence-corrected chi connectivity index (χ4v) is 1.99. The van der Waals surface area contributed by atoms with Gasteiger partial charge in [0.25, 0.3) is 5.91 Å². The van der Waals surface area contributed by atoms with Crippen LogP contribution in [0.4, 0.5) is 5.69 Å². The first kappa shape index (κ1) is 15.4. The zero-order valence-corrected chi connectivity index (χ0v) is 11.8. The van der Waals surface area contributed by atoms with Crippen LogP contribution in [0.1, 0.15) is 17.3 Å². The molecule has 0 spiro atoms. The number of anilines is 1. The van der Waals surface area contributed by atoms with Crippen LogP contribution in [0.5, 0.6) is 0 Å². The van der Waals surface area contributed by atoms with Crippen LogP contribution in [0.3, 0.4) is 0 Å². The van der Waals surface area contributed by atoms with Crippen molar-refractivity contribution in [1.29, 1.82) is 0 Å². The topological polar surface area (TPSA) is 100 Å². The summed E-state index contributed by atoms with van der Waals surface area (Å²) in [4.78, 5) is 15.8. The van der Waals surface area contributed by atoms with E-state index in [9.17, 15) is 13.2 Å². The second-order valence-corrected chi connectivity index (χ2v) is 5.78. The van der Waals surface area contributed by atoms with Crippen molar-refractivity contribution in [3.05, 3.63) is 24.0 Å². The van der Waals surface area contributed by atoms with Crippen molar-refractivity contribution in [3.63, 3.8) is 0 Å². The van der Waals surface area contributed by atoms with Crippen LogP contribution in [-0.4, -0.2) is 45.2 Å². The van der Waals surface area contributed by atoms with Gasteiger partial charge in [-0.3, -0.25) is 9.78 Å². The number of nitrogens with zero attached hydrogens (tertiary/aromatic N) is 1. The summed E-state index contributed by atoms with van der Waals surface area (Å²) in [5, 5.41) is 5.59. The van der Waals surface area contributed by atoms with Crippen LogP contribution in [0.2, 0.25) is 0 Å². The first-order valence-corrected chi connectivity index (χ1v) is 7.52. The highest BCUT2D eigenvalue weighted by molar-refractivity contribution is 7.89. The Labute approximate surface area is 112 Å². The Kier molecular flexibility index (Phi) is 5.71. The highest BCUT2D eigenvalue weighted by Crippen LogP contribution is 2.12. The zero-order chi connectivity index (χ0) is 14.3. The molecule has 1 rings (SSSR count). The molecule has 7 nitrogen and oxygen atoms in total. The lowest BCUT2D eigenvalue weighted by Crippen LogP contribution is -2.33. The molecule has 0 aromatic carbocycles. The SMILES string of the molecule is CCNc1ccncc1C(=O)NCCS(=O)(=O)NC. The number of carbonyl (C=O) groups is 1. The molecule has 0 bridgehead atoms. The van der Waals surface area contributed by atoms with Crippen LogP contribution < -0.4 is 15.4 Å². The van der Waals surface area contributed by atoms with Crippen LogP contribution in [0.15, 0.2) is 18.5 Å². The predicted octanol–water partition coefficient (Wildman–Crippen LogP) is -0.208. The number of sulfonamides is 1. The average molecular weight is 286 g/mol. The summed E-state index contributed by atoms with van der Waals surface area (Å²) in [6.07, 6.45) is 3.03. The lowest BCUT2D eigenvalue weighted by atomic mass is 10.2. The summed E-state index contributed by atoms with van der Waals surface area (Å²) in [6.45, 7) is 2.64. The fraction of sp³-hybridized carbons (Fsp3) is 0.455. The molecule has 0 atom stereocenters. The summed E-state index contributed by atoms with van der Waals surface area (Å²) in [5.41, 5.74) is 1.07. The lowest BCUT2D eigenvalue weighted by Gasteiger charge is -2.10. The van der Waals surface area contributed by atoms with E-state index in [1.54, 1.807) is 12.3 Å². The summed E-state index contributed by atoms with van der Waals surface area (Å²) in [6, 6.07) is 1.70. The summed E-state index contributed by atoms with van der Waals surface area (Å²) in [5.74, 6) is -0.512. The van der Waals surface area contributed by atoms with Gasteiger partial charge >= 0.3 is 0 Å². The normalized spacial score (nSPS) is 11.1. The van der Waals surface area contributed by atoms with E-state index < -0.39 is 10.0 Å². The van der Waals surface area contributed by atoms with Crippen LogP contribution in [-0.2, 0) is 10.0 Å². The Morgan fingerprint density at radius 3 is 2.79 bits per heavy atom. The second kappa shape index (κ2) is 7.05. The minimum absolute atomic E-state index is 0.0441. The maximum absolute atomic E-state index is 11.9. The molecule has 0 radical (unpaired) electrons. The van der Waals surface area contributed by atoms with Gasteiger partial charge in [-0.1, -0.05) is 0 Å². The first-order valence-electron chi connectivity index (χ1n) is 5.87. The van der Waals surface area contributed by atoms with Crippen molar-refractivity contribution in [2.75, 3.05) is 31.2 Å². The molecule has 3 N–H and O–H groups in total. The lowest BCUT2D eigenvalue weighted by molar-refractivity contribution is 0.0956. The molecule has 19 heavy (non-hydrogen) atoms. The molecule has 0 saturated carbocycles. The van der Waals surface area contributed by atoms with Gasteiger partial charge in [-0.25, -0.2) is 13.1 Å². The van der Waals surface area contributed by atoms with Crippen molar-refractivity contribution >= 4 is 21.6 Å². The van der Waals surface area contributed by atoms with Gasteiger partial charge in [-0.05, 0) is 20.0 Å². The molecule has 1 amide bonds. The van der Waals surface area contributed by atoms with Crippen LogP contribution in [0.25, 0.3) is 0 Å². The number of pyridine rings is 1. The Morgan fingerprint density at radius 1 is 1.42 bits per heavy atom. The minimum atomic E-state index is -3.31. The average Bonchev–Trinajstić information content (AvgIpc) is 2.39. The molecular weight excluding hydrogens is 268 g/mol. The number of rotatable bonds is 7. The van der Waals surface area contributed by atoms with Crippen molar-refractivity contribution in [3.8, 4) is 0 Å². The Bertz CT molecular complexity index is 530. The molecule has 0 aliphatic heterocycles. The zero-order valence-electron chi connectivity index (χ0n) is 10.9. The summed E-state index contributed by atoms with van der Waals surface area (Å²) in [7, 11) is -1.98. The third kappa shape index (κ3) is 4.84. The van der Waals surface area contributed by atoms with E-state index >= 15 is 0 Å². The number of hydrogen-bond acceptors (Lipinski definition) is 5. The van der Waals surface area contributed by atoms with Crippen molar-refractivity contribution in [2.45, 2.75) is 6.92 Å². The third-order valence-corrected chi connectivity index (χ3v) is 3.76. The van der Waals surface area contributed by atoms with Gasteiger partial charge in [0, 0.05) is 25.5 Å². The molecule has 106 valence electrons. The van der Waals surface area contributed by atoms with Gasteiger partial charge in [0.1, 0.15) is 0 Å². The van der Waals surface area contributed by atoms with E-state index in [1.807, 2.05) is 6.92 Å². The fourth-order valence-electron chi connectivity index (χ4n) is 1.42. The van der Waals surface area contributed by atoms with Gasteiger partial charge in [0.15, 0.2) is 0 Å². The van der Waals surface area contributed by atoms with Crippen LogP contribution in [0, 0.1) is 0 Å². The Hall–Kier alpha value is -1.67. The number of nitrogens with one attached hydrogen (secondary N) is 3. The Balaban J connectivity index is 2.64. The summed E-state index contributed by atoms with van der Waals surface area (Å²) < 4.78 is 24.6. The van der Waals surface area contributed by atoms with Gasteiger partial charge in [-0.15, -0.1) is 0 Å². The van der Waals surface area contributed by atoms with E-state index in [0.717, 1.165) is 0 Å². The molecule has 0 aliphatic carbocycles. The first-order chi connectivity index (χ1) is 9.00. The molecular formula is C11H18N4O3S. The molecule has 1 aromatic heterocycles. The van der Waals surface area contributed by atoms with Crippen molar-refractivity contribution < 1.29 is 13.2 Å². The smallest absolute Gasteiger partial charge is 0.254 e. The van der Waals surface area contributed by atoms with E-state index in [1.165, 1.54) is 13.2 Å². The number of aromatic nitrogens is 1. The number of amides is 1. The van der Waals surface area contributed by atoms with Gasteiger partial charge in [0.2, 0.25) is 10.0 Å². The largest absolute Gasteiger partial charge is 0.385 e. The number of hydrogen-bond donors (Lipinski definition) is 3. The van der Waals surface area contributed by atoms with E-state index in [-0.39, 0.29) is 18.2 Å². The van der Waals surface area contributed by atoms with E-state index in [2.05, 4.69) is 20.3 Å². The minimum Gasteiger partial charge on any atom is -0.385 e. The molecule has 0 fully saturated rings. The van der Waals surface area contributed by atoms with Crippen molar-refractivity contribution in [1.82, 2.24) is 15.0 Å². The monoisotopic (exact) mass is 286 g/mol. The number of carbonyl (C=O) groups excluding carboxylic acids is 1. The quantitative estimate of drug-likeness (QED) is 0.644. The second-order valence-electron chi connectivity index (χ2n) is 3.73. The van der Waals surface area contributed by atoms with E-state index in [0.29, 0.717) is 17.8 Å². The van der Waals surface area contributed by atoms with Gasteiger partial charge in [0.05, 0.1) is 17.0 Å². The molecule has 0 saturated heterocycles. The molecule has 8 heteroatoms. The van der Waals surface area contributed by atoms with Crippen LogP contribution >= 0.6 is 0 Å². The maximum Gasteiger partial charge on any atom is 0.254 e. The van der Waals surface area contributed by atoms with Gasteiger partial charge in [-0.2, -0.15) is 0 Å². The summed E-state index contributed by atoms with van der Waals surface area (Å²) >= 11 is 0. The maximum atomic E-state index is 11.9. The van der Waals surface area contributed by atoms with E-state index in [4.69, 9.17) is 0 Å². The molecule has 0 aliphatic rings. The predicted molar refractivity (Wildman–Crippen MR) is 73.6 cm³/mol. The molecule has 0 unspecified atom stereocenters. The highest BCUT2D eigenvalue weighted by Gasteiger charge is 2.12. The molecule has 1 aromatic rings. The third-order valence-electron chi connectivity index (χ3n) is 2.40. The Morgan fingerprint density at radius 2 is 2.16 bits per heavy atom. The molecule has 1 heterocycles. The highest BCUT2D eigenvalue weighted by atomic mass is 32.2. The van der Waals surface area contributed by atoms with Crippen molar-refractivity contribution in [2.24, 2.45) is 0 Å². The van der Waals surface area contributed by atoms with Gasteiger partial charge < -0.3 is 10.6 Å².